The number of alkyl halides is 1. The predicted octanol–water partition coefficient (Wildman–Crippen LogP) is 3.49. The molecule has 70 valence electrons. The average molecular weight is 195 g/mol. The van der Waals surface area contributed by atoms with Crippen molar-refractivity contribution in [2.45, 2.75) is 19.3 Å². The Balaban J connectivity index is 1.95. The van der Waals surface area contributed by atoms with E-state index >= 15 is 0 Å². The summed E-state index contributed by atoms with van der Waals surface area (Å²) in [7, 11) is 0. The molecule has 0 spiro atoms. The van der Waals surface area contributed by atoms with E-state index in [1.165, 1.54) is 18.4 Å². The molecule has 0 heterocycles. The second kappa shape index (κ2) is 4.15. The fraction of sp³-hybridized carbons (Fsp3) is 0.500. The van der Waals surface area contributed by atoms with Crippen LogP contribution in [0.2, 0.25) is 0 Å². The van der Waals surface area contributed by atoms with Crippen LogP contribution in [0.5, 0.6) is 0 Å². The first-order valence-electron chi connectivity index (χ1n) is 5.00. The third-order valence-electron chi connectivity index (χ3n) is 2.83. The van der Waals surface area contributed by atoms with Gasteiger partial charge in [-0.05, 0) is 36.7 Å². The molecule has 1 fully saturated rings. The minimum absolute atomic E-state index is 0.712. The molecule has 0 saturated heterocycles. The Labute approximate surface area is 84.9 Å². The molecule has 1 unspecified atom stereocenters. The van der Waals surface area contributed by atoms with Crippen molar-refractivity contribution >= 4 is 11.6 Å². The third kappa shape index (κ3) is 2.47. The van der Waals surface area contributed by atoms with Gasteiger partial charge in [0.15, 0.2) is 0 Å². The van der Waals surface area contributed by atoms with Gasteiger partial charge in [0.1, 0.15) is 0 Å². The molecule has 1 aliphatic rings. The lowest BCUT2D eigenvalue weighted by Gasteiger charge is -2.11. The van der Waals surface area contributed by atoms with E-state index in [0.29, 0.717) is 5.92 Å². The third-order valence-corrected chi connectivity index (χ3v) is 3.22. The minimum Gasteiger partial charge on any atom is -0.126 e. The maximum Gasteiger partial charge on any atom is 0.0257 e. The van der Waals surface area contributed by atoms with Crippen LogP contribution in [-0.4, -0.2) is 5.88 Å². The highest BCUT2D eigenvalue weighted by Gasteiger charge is 2.30. The quantitative estimate of drug-likeness (QED) is 0.644. The van der Waals surface area contributed by atoms with Crippen LogP contribution in [0.25, 0.3) is 0 Å². The molecule has 1 aromatic rings. The Morgan fingerprint density at radius 2 is 1.92 bits per heavy atom. The van der Waals surface area contributed by atoms with E-state index in [4.69, 9.17) is 11.6 Å². The second-order valence-corrected chi connectivity index (χ2v) is 4.25. The van der Waals surface area contributed by atoms with Crippen LogP contribution < -0.4 is 0 Å². The standard InChI is InChI=1S/C12H15Cl/c13-9-12(11-6-7-11)8-10-4-2-1-3-5-10/h1-5,11-12H,6-9H2. The lowest BCUT2D eigenvalue weighted by atomic mass is 9.97. The number of halogens is 1. The van der Waals surface area contributed by atoms with Crippen molar-refractivity contribution in [3.63, 3.8) is 0 Å². The van der Waals surface area contributed by atoms with Crippen molar-refractivity contribution in [3.8, 4) is 0 Å². The lowest BCUT2D eigenvalue weighted by molar-refractivity contribution is 0.513. The topological polar surface area (TPSA) is 0 Å². The first kappa shape index (κ1) is 9.08. The number of hydrogen-bond acceptors (Lipinski definition) is 0. The summed E-state index contributed by atoms with van der Waals surface area (Å²) in [5, 5.41) is 0. The maximum atomic E-state index is 5.95. The van der Waals surface area contributed by atoms with Gasteiger partial charge in [0.2, 0.25) is 0 Å². The Bertz CT molecular complexity index is 251. The Morgan fingerprint density at radius 1 is 1.23 bits per heavy atom. The molecule has 13 heavy (non-hydrogen) atoms. The summed E-state index contributed by atoms with van der Waals surface area (Å²) in [4.78, 5) is 0. The molecular weight excluding hydrogens is 180 g/mol. The molecule has 1 aliphatic carbocycles. The second-order valence-electron chi connectivity index (χ2n) is 3.94. The van der Waals surface area contributed by atoms with Gasteiger partial charge in [0.25, 0.3) is 0 Å². The molecule has 0 nitrogen and oxygen atoms in total. The summed E-state index contributed by atoms with van der Waals surface area (Å²) < 4.78 is 0. The summed E-state index contributed by atoms with van der Waals surface area (Å²) in [6.07, 6.45) is 3.95. The molecule has 1 saturated carbocycles. The lowest BCUT2D eigenvalue weighted by Crippen LogP contribution is -2.08. The predicted molar refractivity (Wildman–Crippen MR) is 57.1 cm³/mol. The van der Waals surface area contributed by atoms with Crippen molar-refractivity contribution < 1.29 is 0 Å². The highest BCUT2D eigenvalue weighted by Crippen LogP contribution is 2.38. The van der Waals surface area contributed by atoms with E-state index in [-0.39, 0.29) is 0 Å². The van der Waals surface area contributed by atoms with Crippen molar-refractivity contribution in [1.29, 1.82) is 0 Å². The van der Waals surface area contributed by atoms with Gasteiger partial charge in [0, 0.05) is 5.88 Å². The monoisotopic (exact) mass is 194 g/mol. The number of benzene rings is 1. The van der Waals surface area contributed by atoms with Crippen molar-refractivity contribution in [3.05, 3.63) is 35.9 Å². The summed E-state index contributed by atoms with van der Waals surface area (Å²) in [5.41, 5.74) is 1.43. The van der Waals surface area contributed by atoms with Gasteiger partial charge < -0.3 is 0 Å². The Morgan fingerprint density at radius 3 is 2.46 bits per heavy atom. The molecule has 0 aromatic heterocycles. The molecule has 1 aromatic carbocycles. The zero-order valence-corrected chi connectivity index (χ0v) is 8.50. The highest BCUT2D eigenvalue weighted by atomic mass is 35.5. The number of rotatable bonds is 4. The maximum absolute atomic E-state index is 5.95. The minimum atomic E-state index is 0.712. The normalized spacial score (nSPS) is 18.5. The smallest absolute Gasteiger partial charge is 0.0257 e. The van der Waals surface area contributed by atoms with Crippen LogP contribution in [0.15, 0.2) is 30.3 Å². The summed E-state index contributed by atoms with van der Waals surface area (Å²) in [6, 6.07) is 10.7. The van der Waals surface area contributed by atoms with Crippen LogP contribution in [0.4, 0.5) is 0 Å². The van der Waals surface area contributed by atoms with Crippen LogP contribution in [0.3, 0.4) is 0 Å². The summed E-state index contributed by atoms with van der Waals surface area (Å²) >= 11 is 5.95. The van der Waals surface area contributed by atoms with Crippen LogP contribution >= 0.6 is 11.6 Å². The van der Waals surface area contributed by atoms with Crippen LogP contribution in [0, 0.1) is 11.8 Å². The van der Waals surface area contributed by atoms with Crippen LogP contribution in [-0.2, 0) is 6.42 Å². The molecule has 0 bridgehead atoms. The van der Waals surface area contributed by atoms with Crippen LogP contribution in [0.1, 0.15) is 18.4 Å². The molecule has 0 N–H and O–H groups in total. The van der Waals surface area contributed by atoms with E-state index in [9.17, 15) is 0 Å². The Kier molecular flexibility index (Phi) is 2.90. The fourth-order valence-electron chi connectivity index (χ4n) is 1.83. The van der Waals surface area contributed by atoms with E-state index in [0.717, 1.165) is 18.2 Å². The van der Waals surface area contributed by atoms with E-state index in [1.807, 2.05) is 0 Å². The first-order chi connectivity index (χ1) is 6.40. The van der Waals surface area contributed by atoms with E-state index in [1.54, 1.807) is 0 Å². The summed E-state index contributed by atoms with van der Waals surface area (Å²) in [5.74, 6) is 2.45. The molecule has 0 aliphatic heterocycles. The van der Waals surface area contributed by atoms with E-state index in [2.05, 4.69) is 30.3 Å². The summed E-state index contributed by atoms with van der Waals surface area (Å²) in [6.45, 7) is 0. The molecule has 2 rings (SSSR count). The van der Waals surface area contributed by atoms with E-state index < -0.39 is 0 Å². The van der Waals surface area contributed by atoms with Gasteiger partial charge in [-0.25, -0.2) is 0 Å². The van der Waals surface area contributed by atoms with Gasteiger partial charge in [-0.2, -0.15) is 0 Å². The van der Waals surface area contributed by atoms with Crippen molar-refractivity contribution in [2.24, 2.45) is 11.8 Å². The fourth-order valence-corrected chi connectivity index (χ4v) is 2.19. The van der Waals surface area contributed by atoms with Gasteiger partial charge >= 0.3 is 0 Å². The number of hydrogen-bond donors (Lipinski definition) is 0. The van der Waals surface area contributed by atoms with Gasteiger partial charge in [-0.15, -0.1) is 11.6 Å². The molecule has 0 amide bonds. The van der Waals surface area contributed by atoms with Gasteiger partial charge in [-0.3, -0.25) is 0 Å². The molecule has 0 radical (unpaired) electrons. The largest absolute Gasteiger partial charge is 0.126 e. The first-order valence-corrected chi connectivity index (χ1v) is 5.53. The highest BCUT2D eigenvalue weighted by molar-refractivity contribution is 6.18. The van der Waals surface area contributed by atoms with Gasteiger partial charge in [-0.1, -0.05) is 30.3 Å². The molecule has 1 heteroatoms. The van der Waals surface area contributed by atoms with Crippen molar-refractivity contribution in [1.82, 2.24) is 0 Å². The van der Waals surface area contributed by atoms with Crippen molar-refractivity contribution in [2.75, 3.05) is 5.88 Å². The molecular formula is C12H15Cl. The van der Waals surface area contributed by atoms with Gasteiger partial charge in [0.05, 0.1) is 0 Å². The SMILES string of the molecule is ClCC(Cc1ccccc1)C1CC1. The Hall–Kier alpha value is -0.490. The zero-order valence-electron chi connectivity index (χ0n) is 7.75. The zero-order chi connectivity index (χ0) is 9.10. The molecule has 1 atom stereocenters. The average Bonchev–Trinajstić information content (AvgIpc) is 2.99.